The van der Waals surface area contributed by atoms with Gasteiger partial charge in [-0.2, -0.15) is 13.2 Å². The highest BCUT2D eigenvalue weighted by Crippen LogP contribution is 2.59. The van der Waals surface area contributed by atoms with E-state index in [1.54, 1.807) is 30.5 Å². The number of aromatic nitrogens is 3. The second kappa shape index (κ2) is 13.0. The SMILES string of the molecule is C=C/C1=N\C(=C)NCCC2CN(c3nc(-n4ccc(OCCC5(C(F)(F)F)CC5)n4)ccc3C(=O)NS1)C(C)(C)C2.CC. The molecule has 2 aromatic heterocycles. The Bertz CT molecular complexity index is 1370. The van der Waals surface area contributed by atoms with Gasteiger partial charge < -0.3 is 15.0 Å². The third-order valence-electron chi connectivity index (χ3n) is 7.95. The zero-order chi connectivity index (χ0) is 31.4. The normalized spacial score (nSPS) is 22.4. The summed E-state index contributed by atoms with van der Waals surface area (Å²) in [5.41, 5.74) is -1.49. The minimum atomic E-state index is -4.22. The van der Waals surface area contributed by atoms with E-state index in [1.807, 2.05) is 13.8 Å². The molecule has 1 saturated carbocycles. The summed E-state index contributed by atoms with van der Waals surface area (Å²) in [4.78, 5) is 24.8. The molecule has 1 atom stereocenters. The number of rotatable bonds is 6. The monoisotopic (exact) mass is 619 g/mol. The van der Waals surface area contributed by atoms with Crippen LogP contribution in [0.2, 0.25) is 0 Å². The van der Waals surface area contributed by atoms with Gasteiger partial charge in [-0.05, 0) is 70.1 Å². The molecule has 9 nitrogen and oxygen atoms in total. The fraction of sp³-hybridized carbons (Fsp3) is 0.533. The number of ether oxygens (including phenoxy) is 1. The summed E-state index contributed by atoms with van der Waals surface area (Å²) in [6.07, 6.45) is 0.955. The lowest BCUT2D eigenvalue weighted by Crippen LogP contribution is -2.40. The predicted molar refractivity (Wildman–Crippen MR) is 165 cm³/mol. The molecule has 0 aromatic carbocycles. The summed E-state index contributed by atoms with van der Waals surface area (Å²) in [6, 6.07) is 4.98. The summed E-state index contributed by atoms with van der Waals surface area (Å²) in [5.74, 6) is 1.72. The number of carbonyl (C=O) groups is 1. The summed E-state index contributed by atoms with van der Waals surface area (Å²) < 4.78 is 49.6. The molecule has 43 heavy (non-hydrogen) atoms. The van der Waals surface area contributed by atoms with E-state index in [-0.39, 0.29) is 43.2 Å². The van der Waals surface area contributed by atoms with Crippen molar-refractivity contribution in [3.05, 3.63) is 55.0 Å². The Hall–Kier alpha value is -3.48. The number of carbonyl (C=O) groups excluding carboxylic acids is 1. The highest BCUT2D eigenvalue weighted by atomic mass is 32.2. The molecule has 234 valence electrons. The van der Waals surface area contributed by atoms with Crippen molar-refractivity contribution in [3.8, 4) is 11.7 Å². The number of nitrogens with one attached hydrogen (secondary N) is 2. The summed E-state index contributed by atoms with van der Waals surface area (Å²) in [7, 11) is 0. The molecule has 5 rings (SSSR count). The number of nitrogens with zero attached hydrogens (tertiary/aromatic N) is 5. The van der Waals surface area contributed by atoms with E-state index < -0.39 is 11.6 Å². The fourth-order valence-electron chi connectivity index (χ4n) is 5.45. The molecule has 13 heteroatoms. The number of alkyl halides is 3. The first-order chi connectivity index (χ1) is 20.4. The van der Waals surface area contributed by atoms with Crippen LogP contribution in [0.25, 0.3) is 5.82 Å². The number of anilines is 1. The van der Waals surface area contributed by atoms with E-state index in [9.17, 15) is 18.0 Å². The van der Waals surface area contributed by atoms with Crippen LogP contribution in [0.3, 0.4) is 0 Å². The van der Waals surface area contributed by atoms with Gasteiger partial charge in [0.25, 0.3) is 5.91 Å². The summed E-state index contributed by atoms with van der Waals surface area (Å²) >= 11 is 1.04. The van der Waals surface area contributed by atoms with Gasteiger partial charge in [0.05, 0.1) is 17.6 Å². The van der Waals surface area contributed by atoms with Crippen molar-refractivity contribution in [1.29, 1.82) is 0 Å². The standard InChI is InChI=1S/C28H34F3N7O2S.C2H6/c1-5-23-33-18(2)32-13-8-19-16-26(3,4)37(17-19)24-20(25(39)36-41-23)6-7-21(34-24)38-14-9-22(35-38)40-15-12-27(10-11-27)28(29,30)31;1-2/h5-7,9,14,19,32H,1-2,8,10-13,15-17H2,3-4H3,(H,36,39);1-2H3/b33-23+;. The predicted octanol–water partition coefficient (Wildman–Crippen LogP) is 6.44. The van der Waals surface area contributed by atoms with Gasteiger partial charge in [0, 0.05) is 42.8 Å². The van der Waals surface area contributed by atoms with Crippen LogP contribution in [-0.2, 0) is 0 Å². The number of hydrogen-bond acceptors (Lipinski definition) is 8. The van der Waals surface area contributed by atoms with Gasteiger partial charge in [0.15, 0.2) is 5.82 Å². The number of halogens is 3. The molecule has 1 unspecified atom stereocenters. The number of hydrogen-bond donors (Lipinski definition) is 2. The summed E-state index contributed by atoms with van der Waals surface area (Å²) in [5, 5.41) is 8.12. The van der Waals surface area contributed by atoms with E-state index in [1.165, 1.54) is 4.68 Å². The first kappa shape index (κ1) is 32.4. The average Bonchev–Trinajstić information content (AvgIpc) is 3.52. The number of fused-ring (bicyclic) bond motifs is 4. The molecular weight excluding hydrogens is 579 g/mol. The number of pyridine rings is 1. The molecule has 1 aliphatic carbocycles. The number of aliphatic imine (C=N–C) groups is 1. The second-order valence-electron chi connectivity index (χ2n) is 11.4. The quantitative estimate of drug-likeness (QED) is 0.360. The van der Waals surface area contributed by atoms with Crippen LogP contribution in [0.4, 0.5) is 19.0 Å². The van der Waals surface area contributed by atoms with Gasteiger partial charge in [0.1, 0.15) is 16.7 Å². The molecule has 2 bridgehead atoms. The Kier molecular flexibility index (Phi) is 9.83. The lowest BCUT2D eigenvalue weighted by atomic mass is 9.94. The third kappa shape index (κ3) is 7.36. The Balaban J connectivity index is 0.00000207. The van der Waals surface area contributed by atoms with Crippen molar-refractivity contribution in [2.45, 2.75) is 71.5 Å². The van der Waals surface area contributed by atoms with Crippen molar-refractivity contribution >= 4 is 28.7 Å². The molecule has 0 spiro atoms. The molecule has 1 saturated heterocycles. The van der Waals surface area contributed by atoms with Gasteiger partial charge in [-0.25, -0.2) is 14.7 Å². The topological polar surface area (TPSA) is 96.7 Å². The van der Waals surface area contributed by atoms with Crippen molar-refractivity contribution in [3.63, 3.8) is 0 Å². The minimum Gasteiger partial charge on any atom is -0.477 e. The zero-order valence-corrected chi connectivity index (χ0v) is 25.9. The molecule has 3 aliphatic rings. The third-order valence-corrected chi connectivity index (χ3v) is 8.71. The molecule has 2 N–H and O–H groups in total. The first-order valence-corrected chi connectivity index (χ1v) is 15.4. The van der Waals surface area contributed by atoms with Crippen molar-refractivity contribution in [2.24, 2.45) is 16.3 Å². The van der Waals surface area contributed by atoms with E-state index in [0.29, 0.717) is 47.1 Å². The Morgan fingerprint density at radius 2 is 1.98 bits per heavy atom. The Morgan fingerprint density at radius 1 is 1.23 bits per heavy atom. The van der Waals surface area contributed by atoms with Gasteiger partial charge in [0.2, 0.25) is 5.88 Å². The molecule has 2 aromatic rings. The Morgan fingerprint density at radius 3 is 2.65 bits per heavy atom. The second-order valence-corrected chi connectivity index (χ2v) is 12.2. The Labute approximate surface area is 255 Å². The van der Waals surface area contributed by atoms with E-state index >= 15 is 0 Å². The van der Waals surface area contributed by atoms with Crippen LogP contribution in [0, 0.1) is 11.3 Å². The number of amides is 1. The van der Waals surface area contributed by atoms with Crippen molar-refractivity contribution < 1.29 is 22.7 Å². The van der Waals surface area contributed by atoms with E-state index in [4.69, 9.17) is 9.72 Å². The molecule has 1 amide bonds. The average molecular weight is 620 g/mol. The van der Waals surface area contributed by atoms with Crippen LogP contribution >= 0.6 is 11.9 Å². The van der Waals surface area contributed by atoms with Gasteiger partial charge in [-0.15, -0.1) is 5.10 Å². The molecule has 0 radical (unpaired) electrons. The highest BCUT2D eigenvalue weighted by molar-refractivity contribution is 8.13. The van der Waals surface area contributed by atoms with Crippen molar-refractivity contribution in [1.82, 2.24) is 24.8 Å². The van der Waals surface area contributed by atoms with Gasteiger partial charge in [-0.1, -0.05) is 27.0 Å². The maximum Gasteiger partial charge on any atom is 0.394 e. The smallest absolute Gasteiger partial charge is 0.394 e. The molecule has 4 heterocycles. The largest absolute Gasteiger partial charge is 0.477 e. The van der Waals surface area contributed by atoms with Crippen LogP contribution in [0.1, 0.15) is 70.2 Å². The minimum absolute atomic E-state index is 0.0759. The lowest BCUT2D eigenvalue weighted by molar-refractivity contribution is -0.190. The maximum atomic E-state index is 13.4. The maximum absolute atomic E-state index is 13.4. The van der Waals surface area contributed by atoms with E-state index in [2.05, 4.69) is 52.0 Å². The van der Waals surface area contributed by atoms with Crippen LogP contribution in [-0.4, -0.2) is 57.1 Å². The molecule has 2 fully saturated rings. The van der Waals surface area contributed by atoms with Crippen LogP contribution in [0.5, 0.6) is 5.88 Å². The lowest BCUT2D eigenvalue weighted by Gasteiger charge is -2.34. The zero-order valence-electron chi connectivity index (χ0n) is 25.1. The van der Waals surface area contributed by atoms with Crippen molar-refractivity contribution in [2.75, 3.05) is 24.6 Å². The highest BCUT2D eigenvalue weighted by Gasteiger charge is 2.62. The van der Waals surface area contributed by atoms with Gasteiger partial charge >= 0.3 is 6.18 Å². The summed E-state index contributed by atoms with van der Waals surface area (Å²) in [6.45, 7) is 17.3. The van der Waals surface area contributed by atoms with Crippen LogP contribution in [0.15, 0.2) is 54.4 Å². The molecular formula is C30H40F3N7O2S. The van der Waals surface area contributed by atoms with Gasteiger partial charge in [-0.3, -0.25) is 9.52 Å². The first-order valence-electron chi connectivity index (χ1n) is 14.6. The van der Waals surface area contributed by atoms with Crippen LogP contribution < -0.4 is 19.7 Å². The fourth-order valence-corrected chi connectivity index (χ4v) is 5.99. The van der Waals surface area contributed by atoms with E-state index in [0.717, 1.165) is 24.8 Å². The molecule has 2 aliphatic heterocycles.